The summed E-state index contributed by atoms with van der Waals surface area (Å²) in [5, 5.41) is 3.01. The summed E-state index contributed by atoms with van der Waals surface area (Å²) in [7, 11) is 1.84. The van der Waals surface area contributed by atoms with Gasteiger partial charge in [0.25, 0.3) is 0 Å². The van der Waals surface area contributed by atoms with Crippen LogP contribution in [0.1, 0.15) is 39.9 Å². The van der Waals surface area contributed by atoms with E-state index < -0.39 is 0 Å². The summed E-state index contributed by atoms with van der Waals surface area (Å²) in [6, 6.07) is 1.83. The number of hydrogen-bond donors (Lipinski definition) is 1. The fourth-order valence-electron chi connectivity index (χ4n) is 1.17. The number of aromatic nitrogens is 2. The molecule has 1 rings (SSSR count). The summed E-state index contributed by atoms with van der Waals surface area (Å²) in [4.78, 5) is 8.68. The number of rotatable bonds is 5. The lowest BCUT2D eigenvalue weighted by Crippen LogP contribution is -2.27. The predicted octanol–water partition coefficient (Wildman–Crippen LogP) is 2.65. The molecule has 0 fully saturated rings. The molecule has 4 heteroatoms. The first kappa shape index (κ1) is 12.7. The van der Waals surface area contributed by atoms with E-state index in [4.69, 9.17) is 4.74 Å². The molecule has 0 amide bonds. The molecule has 0 aliphatic rings. The van der Waals surface area contributed by atoms with E-state index in [1.807, 2.05) is 20.0 Å². The summed E-state index contributed by atoms with van der Waals surface area (Å²) in [5.74, 6) is 2.24. The number of ether oxygens (including phenoxy) is 1. The maximum Gasteiger partial charge on any atom is 0.219 e. The van der Waals surface area contributed by atoms with Crippen molar-refractivity contribution >= 4 is 5.82 Å². The third kappa shape index (κ3) is 3.36. The third-order valence-corrected chi connectivity index (χ3v) is 2.55. The quantitative estimate of drug-likeness (QED) is 0.833. The van der Waals surface area contributed by atoms with Gasteiger partial charge >= 0.3 is 0 Å². The Labute approximate surface area is 97.5 Å². The van der Waals surface area contributed by atoms with E-state index >= 15 is 0 Å². The van der Waals surface area contributed by atoms with E-state index in [1.54, 1.807) is 0 Å². The Balaban J connectivity index is 2.95. The molecular weight excluding hydrogens is 202 g/mol. The Morgan fingerprint density at radius 3 is 2.50 bits per heavy atom. The minimum absolute atomic E-state index is 0.190. The minimum atomic E-state index is -0.190. The first-order chi connectivity index (χ1) is 7.50. The van der Waals surface area contributed by atoms with Crippen LogP contribution in [0.4, 0.5) is 5.82 Å². The molecular formula is C12H21N3O. The predicted molar refractivity (Wildman–Crippen MR) is 66.0 cm³/mol. The number of nitrogens with one attached hydrogen (secondary N) is 1. The molecule has 1 aromatic heterocycles. The fourth-order valence-corrected chi connectivity index (χ4v) is 1.17. The van der Waals surface area contributed by atoms with Crippen molar-refractivity contribution in [1.82, 2.24) is 9.97 Å². The first-order valence-electron chi connectivity index (χ1n) is 5.75. The van der Waals surface area contributed by atoms with Crippen molar-refractivity contribution in [3.63, 3.8) is 0 Å². The number of nitrogens with zero attached hydrogens (tertiary/aromatic N) is 2. The number of anilines is 1. The molecule has 1 N–H and O–H groups in total. The molecule has 0 unspecified atom stereocenters. The minimum Gasteiger partial charge on any atom is -0.472 e. The van der Waals surface area contributed by atoms with Gasteiger partial charge in [0.15, 0.2) is 0 Å². The Morgan fingerprint density at radius 1 is 1.31 bits per heavy atom. The summed E-state index contributed by atoms with van der Waals surface area (Å²) < 4.78 is 5.84. The van der Waals surface area contributed by atoms with Crippen molar-refractivity contribution in [3.05, 3.63) is 11.9 Å². The normalized spacial score (nSPS) is 11.3. The monoisotopic (exact) mass is 223 g/mol. The second kappa shape index (κ2) is 5.14. The Morgan fingerprint density at radius 2 is 2.00 bits per heavy atom. The molecule has 1 aromatic rings. The average Bonchev–Trinajstić information content (AvgIpc) is 2.28. The van der Waals surface area contributed by atoms with Gasteiger partial charge in [-0.1, -0.05) is 13.8 Å². The van der Waals surface area contributed by atoms with E-state index in [0.717, 1.165) is 24.5 Å². The lowest BCUT2D eigenvalue weighted by atomic mass is 10.1. The van der Waals surface area contributed by atoms with Crippen molar-refractivity contribution in [2.24, 2.45) is 0 Å². The van der Waals surface area contributed by atoms with Gasteiger partial charge in [-0.2, -0.15) is 4.98 Å². The van der Waals surface area contributed by atoms with Crippen LogP contribution < -0.4 is 10.1 Å². The van der Waals surface area contributed by atoms with Gasteiger partial charge in [0.1, 0.15) is 17.2 Å². The molecule has 0 aliphatic carbocycles. The smallest absolute Gasteiger partial charge is 0.219 e. The molecule has 0 radical (unpaired) electrons. The van der Waals surface area contributed by atoms with Gasteiger partial charge in [0, 0.05) is 19.5 Å². The molecule has 0 atom stereocenters. The van der Waals surface area contributed by atoms with Crippen molar-refractivity contribution < 1.29 is 4.74 Å². The van der Waals surface area contributed by atoms with Crippen LogP contribution in [-0.4, -0.2) is 22.6 Å². The zero-order valence-corrected chi connectivity index (χ0v) is 10.8. The standard InChI is InChI=1S/C12H21N3O/c1-6-9-14-10(13-5)8-11(15-9)16-12(3,4)7-2/h8H,6-7H2,1-5H3,(H,13,14,15). The SMILES string of the molecule is CCc1nc(NC)cc(OC(C)(C)CC)n1. The van der Waals surface area contributed by atoms with E-state index in [0.29, 0.717) is 5.88 Å². The van der Waals surface area contributed by atoms with Gasteiger partial charge < -0.3 is 10.1 Å². The zero-order chi connectivity index (χ0) is 12.2. The largest absolute Gasteiger partial charge is 0.472 e. The number of aryl methyl sites for hydroxylation is 1. The summed E-state index contributed by atoms with van der Waals surface area (Å²) in [6.07, 6.45) is 1.74. The van der Waals surface area contributed by atoms with Gasteiger partial charge in [-0.05, 0) is 20.3 Å². The Bertz CT molecular complexity index is 328. The highest BCUT2D eigenvalue weighted by molar-refractivity contribution is 5.37. The molecule has 0 saturated heterocycles. The van der Waals surface area contributed by atoms with Crippen molar-refractivity contribution in [2.75, 3.05) is 12.4 Å². The highest BCUT2D eigenvalue weighted by Crippen LogP contribution is 2.21. The van der Waals surface area contributed by atoms with Gasteiger partial charge in [-0.25, -0.2) is 4.98 Å². The highest BCUT2D eigenvalue weighted by Gasteiger charge is 2.18. The van der Waals surface area contributed by atoms with Crippen LogP contribution in [-0.2, 0) is 6.42 Å². The summed E-state index contributed by atoms with van der Waals surface area (Å²) in [5.41, 5.74) is -0.190. The molecule has 0 bridgehead atoms. The summed E-state index contributed by atoms with van der Waals surface area (Å²) >= 11 is 0. The van der Waals surface area contributed by atoms with E-state index in [9.17, 15) is 0 Å². The molecule has 16 heavy (non-hydrogen) atoms. The van der Waals surface area contributed by atoms with Crippen LogP contribution in [0, 0.1) is 0 Å². The zero-order valence-electron chi connectivity index (χ0n) is 10.8. The lowest BCUT2D eigenvalue weighted by Gasteiger charge is -2.24. The lowest BCUT2D eigenvalue weighted by molar-refractivity contribution is 0.0986. The Hall–Kier alpha value is -1.32. The molecule has 90 valence electrons. The maximum atomic E-state index is 5.84. The topological polar surface area (TPSA) is 47.0 Å². The second-order valence-electron chi connectivity index (χ2n) is 4.33. The maximum absolute atomic E-state index is 5.84. The van der Waals surface area contributed by atoms with Gasteiger partial charge in [-0.3, -0.25) is 0 Å². The first-order valence-corrected chi connectivity index (χ1v) is 5.75. The highest BCUT2D eigenvalue weighted by atomic mass is 16.5. The van der Waals surface area contributed by atoms with Gasteiger partial charge in [0.2, 0.25) is 5.88 Å². The van der Waals surface area contributed by atoms with Crippen LogP contribution in [0.2, 0.25) is 0 Å². The van der Waals surface area contributed by atoms with E-state index in [2.05, 4.69) is 36.1 Å². The fraction of sp³-hybridized carbons (Fsp3) is 0.667. The molecule has 4 nitrogen and oxygen atoms in total. The van der Waals surface area contributed by atoms with Crippen molar-refractivity contribution in [1.29, 1.82) is 0 Å². The van der Waals surface area contributed by atoms with Gasteiger partial charge in [-0.15, -0.1) is 0 Å². The van der Waals surface area contributed by atoms with Crippen molar-refractivity contribution in [3.8, 4) is 5.88 Å². The molecule has 0 aromatic carbocycles. The number of hydrogen-bond acceptors (Lipinski definition) is 4. The average molecular weight is 223 g/mol. The molecule has 0 spiro atoms. The molecule has 0 aliphatic heterocycles. The van der Waals surface area contributed by atoms with Crippen LogP contribution in [0.25, 0.3) is 0 Å². The van der Waals surface area contributed by atoms with E-state index in [-0.39, 0.29) is 5.60 Å². The third-order valence-electron chi connectivity index (χ3n) is 2.55. The van der Waals surface area contributed by atoms with Crippen LogP contribution >= 0.6 is 0 Å². The Kier molecular flexibility index (Phi) is 4.10. The van der Waals surface area contributed by atoms with Crippen LogP contribution in [0.5, 0.6) is 5.88 Å². The van der Waals surface area contributed by atoms with E-state index in [1.165, 1.54) is 0 Å². The van der Waals surface area contributed by atoms with Gasteiger partial charge in [0.05, 0.1) is 0 Å². The summed E-state index contributed by atoms with van der Waals surface area (Å²) in [6.45, 7) is 8.24. The van der Waals surface area contributed by atoms with Crippen LogP contribution in [0.15, 0.2) is 6.07 Å². The van der Waals surface area contributed by atoms with Crippen molar-refractivity contribution in [2.45, 2.75) is 46.1 Å². The van der Waals surface area contributed by atoms with Crippen LogP contribution in [0.3, 0.4) is 0 Å². The molecule has 0 saturated carbocycles. The second-order valence-corrected chi connectivity index (χ2v) is 4.33. The molecule has 1 heterocycles.